The number of primary amides is 1. The van der Waals surface area contributed by atoms with Crippen LogP contribution >= 0.6 is 0 Å². The van der Waals surface area contributed by atoms with Gasteiger partial charge in [-0.2, -0.15) is 0 Å². The third-order valence-electron chi connectivity index (χ3n) is 5.49. The van der Waals surface area contributed by atoms with Crippen molar-refractivity contribution < 1.29 is 23.8 Å². The average Bonchev–Trinajstić information content (AvgIpc) is 2.78. The maximum atomic E-state index is 12.9. The van der Waals surface area contributed by atoms with Crippen LogP contribution in [0.5, 0.6) is 17.2 Å². The van der Waals surface area contributed by atoms with Gasteiger partial charge in [-0.05, 0) is 37.5 Å². The molecule has 8 nitrogen and oxygen atoms in total. The lowest BCUT2D eigenvalue weighted by Gasteiger charge is -2.32. The second kappa shape index (κ2) is 10.9. The van der Waals surface area contributed by atoms with Crippen molar-refractivity contribution >= 4 is 11.8 Å². The van der Waals surface area contributed by atoms with Crippen molar-refractivity contribution in [2.75, 3.05) is 33.9 Å². The van der Waals surface area contributed by atoms with Gasteiger partial charge in [0.15, 0.2) is 18.1 Å². The minimum Gasteiger partial charge on any atom is -0.493 e. The van der Waals surface area contributed by atoms with Crippen LogP contribution in [0.4, 0.5) is 0 Å². The van der Waals surface area contributed by atoms with E-state index in [9.17, 15) is 9.59 Å². The van der Waals surface area contributed by atoms with E-state index in [1.165, 1.54) is 25.3 Å². The number of benzene rings is 2. The molecular weight excluding hydrogens is 410 g/mol. The smallest absolute Gasteiger partial charge is 0.255 e. The van der Waals surface area contributed by atoms with Crippen LogP contribution in [0.2, 0.25) is 0 Å². The van der Waals surface area contributed by atoms with Crippen molar-refractivity contribution in [2.24, 2.45) is 5.73 Å². The van der Waals surface area contributed by atoms with Gasteiger partial charge in [-0.25, -0.2) is 0 Å². The van der Waals surface area contributed by atoms with Gasteiger partial charge >= 0.3 is 0 Å². The molecule has 1 saturated heterocycles. The molecule has 1 aliphatic rings. The van der Waals surface area contributed by atoms with E-state index >= 15 is 0 Å². The molecule has 1 aliphatic heterocycles. The molecule has 3 rings (SSSR count). The molecule has 0 aromatic heterocycles. The van der Waals surface area contributed by atoms with Gasteiger partial charge in [0.1, 0.15) is 0 Å². The Morgan fingerprint density at radius 3 is 2.31 bits per heavy atom. The lowest BCUT2D eigenvalue weighted by molar-refractivity contribution is -0.120. The number of amides is 2. The van der Waals surface area contributed by atoms with Crippen LogP contribution in [0.25, 0.3) is 0 Å². The molecule has 0 atom stereocenters. The number of hydrogen-bond acceptors (Lipinski definition) is 6. The third kappa shape index (κ3) is 6.13. The first kappa shape index (κ1) is 23.4. The number of likely N-dealkylation sites (tertiary alicyclic amines) is 1. The summed E-state index contributed by atoms with van der Waals surface area (Å²) >= 11 is 0. The van der Waals surface area contributed by atoms with Gasteiger partial charge in [0.25, 0.3) is 11.8 Å². The fourth-order valence-corrected chi connectivity index (χ4v) is 3.87. The summed E-state index contributed by atoms with van der Waals surface area (Å²) in [4.78, 5) is 26.4. The van der Waals surface area contributed by atoms with Gasteiger partial charge in [-0.1, -0.05) is 29.8 Å². The molecule has 2 aromatic carbocycles. The number of nitrogens with one attached hydrogen (secondary N) is 1. The number of methoxy groups -OCH3 is 2. The first-order chi connectivity index (χ1) is 15.4. The van der Waals surface area contributed by atoms with E-state index in [2.05, 4.69) is 41.4 Å². The van der Waals surface area contributed by atoms with E-state index < -0.39 is 5.91 Å². The molecule has 0 bridgehead atoms. The molecule has 0 unspecified atom stereocenters. The van der Waals surface area contributed by atoms with Crippen molar-refractivity contribution in [3.63, 3.8) is 0 Å². The van der Waals surface area contributed by atoms with Crippen molar-refractivity contribution in [1.82, 2.24) is 10.2 Å². The Labute approximate surface area is 188 Å². The van der Waals surface area contributed by atoms with Crippen molar-refractivity contribution in [3.8, 4) is 17.2 Å². The number of nitrogens with two attached hydrogens (primary N) is 1. The summed E-state index contributed by atoms with van der Waals surface area (Å²) in [7, 11) is 2.91. The monoisotopic (exact) mass is 441 g/mol. The molecule has 32 heavy (non-hydrogen) atoms. The molecule has 0 saturated carbocycles. The number of carbonyl (C=O) groups is 2. The minimum atomic E-state index is -0.621. The largest absolute Gasteiger partial charge is 0.493 e. The molecule has 0 radical (unpaired) electrons. The number of aryl methyl sites for hydroxylation is 1. The highest BCUT2D eigenvalue weighted by molar-refractivity contribution is 5.95. The fourth-order valence-electron chi connectivity index (χ4n) is 3.87. The van der Waals surface area contributed by atoms with Crippen LogP contribution in [0.1, 0.15) is 34.3 Å². The Morgan fingerprint density at radius 2 is 1.75 bits per heavy atom. The molecule has 0 aliphatic carbocycles. The molecule has 1 fully saturated rings. The van der Waals surface area contributed by atoms with Crippen molar-refractivity contribution in [3.05, 3.63) is 53.1 Å². The van der Waals surface area contributed by atoms with E-state index in [4.69, 9.17) is 19.9 Å². The Bertz CT molecular complexity index is 929. The lowest BCUT2D eigenvalue weighted by Crippen LogP contribution is -2.44. The Hall–Kier alpha value is -3.26. The van der Waals surface area contributed by atoms with Crippen LogP contribution in [0.15, 0.2) is 36.4 Å². The van der Waals surface area contributed by atoms with E-state index in [1.54, 1.807) is 12.1 Å². The number of ether oxygens (including phenoxy) is 3. The van der Waals surface area contributed by atoms with Crippen LogP contribution < -0.4 is 25.3 Å². The van der Waals surface area contributed by atoms with E-state index in [0.29, 0.717) is 17.1 Å². The highest BCUT2D eigenvalue weighted by Gasteiger charge is 2.23. The number of carbonyl (C=O) groups excluding carboxylic acids is 2. The molecule has 8 heteroatoms. The zero-order chi connectivity index (χ0) is 23.1. The fraction of sp³-hybridized carbons (Fsp3) is 0.417. The standard InChI is InChI=1S/C24H31N3O5/c1-16-5-4-6-17(11-16)14-27-9-7-19(8-10-27)26-24(29)18-12-20(30-2)23(21(13-18)31-3)32-15-22(25)28/h4-6,11-13,19H,7-10,14-15H2,1-3H3,(H2,25,28)(H,26,29). The molecule has 2 aromatic rings. The van der Waals surface area contributed by atoms with Crippen LogP contribution in [-0.2, 0) is 11.3 Å². The summed E-state index contributed by atoms with van der Waals surface area (Å²) in [5.41, 5.74) is 8.12. The molecule has 0 spiro atoms. The normalized spacial score (nSPS) is 14.6. The second-order valence-corrected chi connectivity index (χ2v) is 7.98. The van der Waals surface area contributed by atoms with Gasteiger partial charge in [0.05, 0.1) is 14.2 Å². The number of piperidine rings is 1. The zero-order valence-electron chi connectivity index (χ0n) is 18.8. The summed E-state index contributed by atoms with van der Waals surface area (Å²) in [5, 5.41) is 3.11. The van der Waals surface area contributed by atoms with Gasteiger partial charge < -0.3 is 25.3 Å². The number of rotatable bonds is 9. The molecule has 3 N–H and O–H groups in total. The van der Waals surface area contributed by atoms with Gasteiger partial charge in [-0.15, -0.1) is 0 Å². The summed E-state index contributed by atoms with van der Waals surface area (Å²) < 4.78 is 16.1. The number of hydrogen-bond donors (Lipinski definition) is 2. The van der Waals surface area contributed by atoms with Crippen LogP contribution in [0, 0.1) is 6.92 Å². The quantitative estimate of drug-likeness (QED) is 0.619. The van der Waals surface area contributed by atoms with Crippen molar-refractivity contribution in [1.29, 1.82) is 0 Å². The highest BCUT2D eigenvalue weighted by atomic mass is 16.5. The topological polar surface area (TPSA) is 103 Å². The second-order valence-electron chi connectivity index (χ2n) is 7.98. The minimum absolute atomic E-state index is 0.0963. The summed E-state index contributed by atoms with van der Waals surface area (Å²) in [6.07, 6.45) is 1.76. The first-order valence-corrected chi connectivity index (χ1v) is 10.7. The highest BCUT2D eigenvalue weighted by Crippen LogP contribution is 2.38. The third-order valence-corrected chi connectivity index (χ3v) is 5.49. The Balaban J connectivity index is 1.60. The number of nitrogens with zero attached hydrogens (tertiary/aromatic N) is 1. The predicted molar refractivity (Wildman–Crippen MR) is 121 cm³/mol. The first-order valence-electron chi connectivity index (χ1n) is 10.7. The van der Waals surface area contributed by atoms with Gasteiger partial charge in [0.2, 0.25) is 5.75 Å². The molecule has 1 heterocycles. The average molecular weight is 442 g/mol. The van der Waals surface area contributed by atoms with Crippen LogP contribution in [-0.4, -0.2) is 56.7 Å². The molecule has 2 amide bonds. The summed E-state index contributed by atoms with van der Waals surface area (Å²) in [5.74, 6) is -0.00731. The summed E-state index contributed by atoms with van der Waals surface area (Å²) in [6, 6.07) is 11.8. The predicted octanol–water partition coefficient (Wildman–Crippen LogP) is 2.27. The van der Waals surface area contributed by atoms with Crippen molar-refractivity contribution in [2.45, 2.75) is 32.4 Å². The zero-order valence-corrected chi connectivity index (χ0v) is 18.8. The maximum absolute atomic E-state index is 12.9. The molecule has 172 valence electrons. The Morgan fingerprint density at radius 1 is 1.09 bits per heavy atom. The van der Waals surface area contributed by atoms with E-state index in [-0.39, 0.29) is 24.3 Å². The van der Waals surface area contributed by atoms with Gasteiger partial charge in [-0.3, -0.25) is 14.5 Å². The van der Waals surface area contributed by atoms with E-state index in [0.717, 1.165) is 32.5 Å². The summed E-state index contributed by atoms with van der Waals surface area (Å²) in [6.45, 7) is 4.55. The maximum Gasteiger partial charge on any atom is 0.255 e. The lowest BCUT2D eigenvalue weighted by atomic mass is 10.0. The molecular formula is C24H31N3O5. The Kier molecular flexibility index (Phi) is 7.94. The van der Waals surface area contributed by atoms with Crippen LogP contribution in [0.3, 0.4) is 0 Å². The van der Waals surface area contributed by atoms with Gasteiger partial charge in [0, 0.05) is 31.2 Å². The SMILES string of the molecule is COc1cc(C(=O)NC2CCN(Cc3cccc(C)c3)CC2)cc(OC)c1OCC(N)=O. The van der Waals surface area contributed by atoms with E-state index in [1.807, 2.05) is 0 Å².